The normalized spacial score (nSPS) is 9.78. The summed E-state index contributed by atoms with van der Waals surface area (Å²) in [5.41, 5.74) is 11.6. The summed E-state index contributed by atoms with van der Waals surface area (Å²) in [7, 11) is 6.85. The summed E-state index contributed by atoms with van der Waals surface area (Å²) in [5.74, 6) is -3.96. The molecule has 0 bridgehead atoms. The lowest BCUT2D eigenvalue weighted by Gasteiger charge is -2.12. The van der Waals surface area contributed by atoms with E-state index in [0.717, 1.165) is 51.1 Å². The number of aromatic nitrogens is 11. The summed E-state index contributed by atoms with van der Waals surface area (Å²) in [5, 5.41) is 74.0. The summed E-state index contributed by atoms with van der Waals surface area (Å²) in [6.45, 7) is 7.95. The Morgan fingerprint density at radius 3 is 1.85 bits per heavy atom. The van der Waals surface area contributed by atoms with Crippen LogP contribution in [0.4, 0.5) is 11.4 Å². The molecule has 2 aliphatic rings. The number of aromatic carboxylic acids is 4. The predicted octanol–water partition coefficient (Wildman–Crippen LogP) is 9.93. The molecule has 1 aliphatic heterocycles. The first-order valence-electron chi connectivity index (χ1n) is 31.0. The number of hydrogen-bond acceptors (Lipinski definition) is 26. The molecule has 36 heteroatoms. The molecule has 562 valence electrons. The first-order chi connectivity index (χ1) is 51.6. The average Bonchev–Trinajstić information content (AvgIpc) is 1.60. The number of benzene rings is 8. The minimum atomic E-state index is -1.28. The number of aromatic amines is 2. The number of halogens is 2. The van der Waals surface area contributed by atoms with Gasteiger partial charge in [-0.1, -0.05) is 114 Å². The van der Waals surface area contributed by atoms with E-state index >= 15 is 0 Å². The van der Waals surface area contributed by atoms with Gasteiger partial charge < -0.3 is 59.9 Å². The molecule has 5 aromatic heterocycles. The molecule has 0 saturated heterocycles. The maximum atomic E-state index is 11.7. The molecule has 34 nitrogen and oxygen atoms in total. The molecular formula is C73H66Cl2N13O21+. The number of para-hydroxylation sites is 3. The Labute approximate surface area is 625 Å². The van der Waals surface area contributed by atoms with Crippen LogP contribution in [-0.4, -0.2) is 144 Å². The van der Waals surface area contributed by atoms with Crippen LogP contribution in [0, 0.1) is 6.92 Å². The molecule has 0 spiro atoms. The molecular weight excluding hydrogens is 1470 g/mol. The Morgan fingerprint density at radius 2 is 1.29 bits per heavy atom. The maximum Gasteiger partial charge on any atom is 0.373 e. The lowest BCUT2D eigenvalue weighted by Crippen LogP contribution is -2.19. The monoisotopic (exact) mass is 1530 g/mol. The number of phenols is 2. The van der Waals surface area contributed by atoms with Gasteiger partial charge in [-0.3, -0.25) is 14.3 Å². The largest absolute Gasteiger partial charge is 0.507 e. The van der Waals surface area contributed by atoms with Crippen molar-refractivity contribution in [1.82, 2.24) is 49.9 Å². The van der Waals surface area contributed by atoms with E-state index in [2.05, 4.69) is 59.3 Å². The number of H-pyrrole nitrogens is 2. The van der Waals surface area contributed by atoms with Gasteiger partial charge in [0.05, 0.1) is 57.2 Å². The third-order valence-electron chi connectivity index (χ3n) is 14.4. The molecule has 12 aromatic rings. The van der Waals surface area contributed by atoms with Crippen molar-refractivity contribution >= 4 is 133 Å². The number of carboxylic acid groups (broad SMARTS) is 4. The van der Waals surface area contributed by atoms with Gasteiger partial charge in [0.2, 0.25) is 39.8 Å². The minimum absolute atomic E-state index is 0. The van der Waals surface area contributed by atoms with E-state index in [1.54, 1.807) is 55.1 Å². The molecule has 14 rings (SSSR count). The number of carboxylic acids is 4. The van der Waals surface area contributed by atoms with Crippen molar-refractivity contribution < 1.29 is 97.2 Å². The number of rotatable bonds is 9. The number of hydrogen-bond donors (Lipinski definition) is 8. The summed E-state index contributed by atoms with van der Waals surface area (Å²) in [6.07, 6.45) is 4.18. The van der Waals surface area contributed by atoms with E-state index in [1.807, 2.05) is 128 Å². The Kier molecular flexibility index (Phi) is 33.6. The third-order valence-corrected chi connectivity index (χ3v) is 14.8. The fraction of sp³-hybridized carbons (Fsp3) is 0.137. The van der Waals surface area contributed by atoms with Crippen LogP contribution in [0.5, 0.6) is 17.2 Å². The number of ether oxygens (including phenoxy) is 1. The van der Waals surface area contributed by atoms with Crippen LogP contribution in [0.15, 0.2) is 189 Å². The molecule has 0 fully saturated rings. The number of carbonyl (C=O) groups is 4. The standard InChI is InChI=1S/C15H12N2O5.C11H8O3.C10H10N2O.C9H8ClN3O2.C9H11N3.C8H6N2O.C8H9NO3.3CO2.ClH/c1-17(2)7-3-4-9-11(5-7)22-14-12(16-9)8(15(20)21)6-10(18)13(14)19;12-10-6-8-4-2-1-3-7(8)5-9(10)11(13)14;1-2-9-11-10(12-13-9)8-6-4-3-5-7-8;1-4-6-7(10)5(9(14)15)3-11-8(6)13(2)12-4;1-7(2)12-9-6-4-3-5-8(9)10-11-12;11-8-6-3-1-2-4-7(6)9-5-10-8;1-12-7-5(8(10)11)3-2-4-6(7)9;3*2-1-3;/h3-6,19H,1-2H3,(H,20,21);1-6,12H,(H,13,14);3-7H,2H2,1H3;3H,1-2H3,(H,14,15);3-7H,1-2H3;1-5H,(H,9,10,11);2-4H,9H2,1H3,(H,10,11);;;;1H/p+1. The van der Waals surface area contributed by atoms with Gasteiger partial charge in [0.15, 0.2) is 11.4 Å². The number of methoxy groups -OCH3 is 1. The van der Waals surface area contributed by atoms with E-state index in [1.165, 1.54) is 37.8 Å². The summed E-state index contributed by atoms with van der Waals surface area (Å²) >= 11 is 5.98. The molecule has 0 atom stereocenters. The number of nitrogen functional groups attached to an aromatic ring is 1. The number of nitrogens with two attached hydrogens (primary N) is 1. The number of fused-ring (bicyclic) bond motifs is 6. The zero-order valence-corrected chi connectivity index (χ0v) is 60.2. The molecule has 1 aliphatic carbocycles. The van der Waals surface area contributed by atoms with E-state index in [-0.39, 0.29) is 86.7 Å². The second-order valence-electron chi connectivity index (χ2n) is 21.9. The van der Waals surface area contributed by atoms with Crippen LogP contribution in [-0.2, 0) is 42.2 Å². The molecule has 0 radical (unpaired) electrons. The lowest BCUT2D eigenvalue weighted by molar-refractivity contribution is -0.334. The first-order valence-corrected chi connectivity index (χ1v) is 31.4. The van der Waals surface area contributed by atoms with Crippen molar-refractivity contribution in [3.8, 4) is 40.1 Å². The van der Waals surface area contributed by atoms with Gasteiger partial charge in [0.25, 0.3) is 11.3 Å². The van der Waals surface area contributed by atoms with Crippen LogP contribution in [0.1, 0.15) is 79.8 Å². The fourth-order valence-electron chi connectivity index (χ4n) is 9.49. The van der Waals surface area contributed by atoms with E-state index in [9.17, 15) is 44.1 Å². The molecule has 0 unspecified atom stereocenters. The van der Waals surface area contributed by atoms with Crippen LogP contribution in [0.2, 0.25) is 5.02 Å². The number of carbonyl (C=O) groups excluding carboxylic acids is 6. The van der Waals surface area contributed by atoms with Crippen molar-refractivity contribution in [2.45, 2.75) is 40.2 Å². The molecule has 109 heavy (non-hydrogen) atoms. The molecule has 7 aromatic carbocycles. The highest BCUT2D eigenvalue weighted by Gasteiger charge is 2.30. The van der Waals surface area contributed by atoms with Crippen molar-refractivity contribution in [3.63, 3.8) is 0 Å². The predicted molar refractivity (Wildman–Crippen MR) is 392 cm³/mol. The van der Waals surface area contributed by atoms with Gasteiger partial charge in [-0.25, -0.2) is 33.8 Å². The van der Waals surface area contributed by atoms with Crippen molar-refractivity contribution in [3.05, 3.63) is 230 Å². The summed E-state index contributed by atoms with van der Waals surface area (Å²) < 4.78 is 18.9. The smallest absolute Gasteiger partial charge is 0.373 e. The fourth-order valence-corrected chi connectivity index (χ4v) is 9.84. The zero-order valence-electron chi connectivity index (χ0n) is 58.6. The second-order valence-corrected chi connectivity index (χ2v) is 22.3. The number of pyridine rings is 1. The van der Waals surface area contributed by atoms with Crippen LogP contribution in [0.3, 0.4) is 0 Å². The van der Waals surface area contributed by atoms with E-state index in [0.29, 0.717) is 56.7 Å². The van der Waals surface area contributed by atoms with E-state index < -0.39 is 35.1 Å². The summed E-state index contributed by atoms with van der Waals surface area (Å²) in [4.78, 5) is 134. The maximum absolute atomic E-state index is 11.7. The molecule has 0 saturated carbocycles. The highest BCUT2D eigenvalue weighted by atomic mass is 35.5. The Hall–Kier alpha value is -14.7. The quantitative estimate of drug-likeness (QED) is 0.0492. The van der Waals surface area contributed by atoms with Crippen LogP contribution < -0.4 is 31.3 Å². The first kappa shape index (κ1) is 86.7. The number of aryl methyl sites for hydroxylation is 3. The zero-order chi connectivity index (χ0) is 79.9. The molecule has 10 N–H and O–H groups in total. The number of nitrogens with one attached hydrogen (secondary N) is 2. The topological polar surface area (TPSA) is 521 Å². The summed E-state index contributed by atoms with van der Waals surface area (Å²) in [6, 6.07) is 46.4. The van der Waals surface area contributed by atoms with Crippen LogP contribution in [0.25, 0.3) is 77.7 Å². The van der Waals surface area contributed by atoms with Gasteiger partial charge in [0.1, 0.15) is 28.0 Å². The van der Waals surface area contributed by atoms with Gasteiger partial charge >= 0.3 is 42.3 Å². The minimum Gasteiger partial charge on any atom is -0.507 e. The Morgan fingerprint density at radius 1 is 0.716 bits per heavy atom. The van der Waals surface area contributed by atoms with Crippen LogP contribution >= 0.6 is 24.0 Å². The molecule has 6 heterocycles. The number of anilines is 2. The Bertz CT molecular complexity index is 5640. The Balaban J connectivity index is 0.000000266. The van der Waals surface area contributed by atoms with Gasteiger partial charge in [0, 0.05) is 69.3 Å². The van der Waals surface area contributed by atoms with E-state index in [4.69, 9.17) is 75.1 Å². The van der Waals surface area contributed by atoms with Crippen molar-refractivity contribution in [2.24, 2.45) is 7.05 Å². The van der Waals surface area contributed by atoms with Crippen molar-refractivity contribution in [2.75, 3.05) is 31.8 Å². The third kappa shape index (κ3) is 23.4. The van der Waals surface area contributed by atoms with Gasteiger partial charge in [-0.15, -0.1) is 17.5 Å². The van der Waals surface area contributed by atoms with Crippen molar-refractivity contribution in [1.29, 1.82) is 0 Å². The number of aromatic hydroxyl groups is 2. The highest BCUT2D eigenvalue weighted by molar-refractivity contribution is 6.38. The molecule has 0 amide bonds. The van der Waals surface area contributed by atoms with Gasteiger partial charge in [-0.2, -0.15) is 43.8 Å². The highest BCUT2D eigenvalue weighted by Crippen LogP contribution is 2.33. The number of phenolic OH excluding ortho intramolecular Hbond substituents is 1. The SMILES string of the molecule is CC(C)n1nnc2ccccc21.CCc1nc(-c2ccccc2)no1.CN(C)c1ccc2[nH+]c3c(C(=O)O)cc(=O)c(O)c-3oc2c1.COc1c(N)cccc1C(=O)O.Cc1nn(C)c2ncc(C(=O)O)c(Cl)c12.Cl.O=C(O)c1cc2ccccc2cc1O.O=C=O.O=C=O.O=C=O.O=c1[nH]cnc2ccccc12. The lowest BCUT2D eigenvalue weighted by atomic mass is 10.1. The van der Waals surface area contributed by atoms with Gasteiger partial charge in [-0.05, 0) is 86.1 Å². The average molecular weight is 1530 g/mol. The second kappa shape index (κ2) is 42.2. The number of nitrogens with zero attached hydrogens (tertiary/aromatic N) is 10.